The number of ether oxygens (including phenoxy) is 1. The summed E-state index contributed by atoms with van der Waals surface area (Å²) in [6.45, 7) is 6.80. The van der Waals surface area contributed by atoms with Gasteiger partial charge in [0.25, 0.3) is 0 Å². The first-order valence-corrected chi connectivity index (χ1v) is 10.2. The molecule has 0 unspecified atom stereocenters. The third kappa shape index (κ3) is 3.51. The van der Waals surface area contributed by atoms with Crippen LogP contribution in [0.15, 0.2) is 42.5 Å². The summed E-state index contributed by atoms with van der Waals surface area (Å²) >= 11 is 0. The fourth-order valence-corrected chi connectivity index (χ4v) is 4.75. The van der Waals surface area contributed by atoms with Gasteiger partial charge < -0.3 is 4.74 Å². The minimum atomic E-state index is 0.0351. The van der Waals surface area contributed by atoms with E-state index in [4.69, 9.17) is 4.74 Å². The largest absolute Gasteiger partial charge is 0.462 e. The van der Waals surface area contributed by atoms with Crippen molar-refractivity contribution in [2.75, 3.05) is 0 Å². The fourth-order valence-electron chi connectivity index (χ4n) is 4.75. The molecule has 2 aromatic rings. The smallest absolute Gasteiger partial charge is 0.309 e. The van der Waals surface area contributed by atoms with Crippen LogP contribution < -0.4 is 0 Å². The van der Waals surface area contributed by atoms with E-state index in [1.807, 2.05) is 0 Å². The zero-order chi connectivity index (χ0) is 18.3. The second-order valence-corrected chi connectivity index (χ2v) is 8.86. The Morgan fingerprint density at radius 1 is 1.04 bits per heavy atom. The van der Waals surface area contributed by atoms with Crippen molar-refractivity contribution < 1.29 is 9.53 Å². The standard InChI is InChI=1S/C24H30O2/c1-15(2)20-11-8-16(3)12-23(20)26-24(25)22-14-21(22)19-10-9-17-6-4-5-7-18(17)13-19/h4-7,9-10,13,15-16,20-23H,8,11-12,14H2,1-3H3/t16-,20+,21-,22+,23-/m1/s1. The van der Waals surface area contributed by atoms with E-state index in [0.717, 1.165) is 12.8 Å². The number of hydrogen-bond donors (Lipinski definition) is 0. The Labute approximate surface area is 156 Å². The molecule has 0 N–H and O–H groups in total. The first-order chi connectivity index (χ1) is 12.5. The lowest BCUT2D eigenvalue weighted by Crippen LogP contribution is -2.36. The highest BCUT2D eigenvalue weighted by Crippen LogP contribution is 2.49. The third-order valence-electron chi connectivity index (χ3n) is 6.52. The van der Waals surface area contributed by atoms with E-state index in [1.54, 1.807) is 0 Å². The van der Waals surface area contributed by atoms with Crippen molar-refractivity contribution in [2.45, 2.75) is 58.5 Å². The third-order valence-corrected chi connectivity index (χ3v) is 6.52. The summed E-state index contributed by atoms with van der Waals surface area (Å²) in [4.78, 5) is 12.8. The molecule has 0 saturated heterocycles. The van der Waals surface area contributed by atoms with Crippen LogP contribution in [0.3, 0.4) is 0 Å². The van der Waals surface area contributed by atoms with Crippen molar-refractivity contribution in [3.63, 3.8) is 0 Å². The summed E-state index contributed by atoms with van der Waals surface area (Å²) < 4.78 is 6.06. The number of fused-ring (bicyclic) bond motifs is 1. The van der Waals surface area contributed by atoms with Crippen molar-refractivity contribution in [1.29, 1.82) is 0 Å². The monoisotopic (exact) mass is 350 g/mol. The first kappa shape index (κ1) is 17.6. The van der Waals surface area contributed by atoms with Gasteiger partial charge in [-0.1, -0.05) is 69.7 Å². The van der Waals surface area contributed by atoms with Crippen molar-refractivity contribution in [3.8, 4) is 0 Å². The molecule has 0 amide bonds. The van der Waals surface area contributed by atoms with Gasteiger partial charge in [0.05, 0.1) is 5.92 Å². The quantitative estimate of drug-likeness (QED) is 0.637. The Kier molecular flexibility index (Phi) is 4.77. The van der Waals surface area contributed by atoms with Crippen molar-refractivity contribution in [2.24, 2.45) is 23.7 Å². The number of carbonyl (C=O) groups excluding carboxylic acids is 1. The van der Waals surface area contributed by atoms with Crippen LogP contribution in [0.2, 0.25) is 0 Å². The maximum Gasteiger partial charge on any atom is 0.309 e. The van der Waals surface area contributed by atoms with E-state index in [0.29, 0.717) is 23.7 Å². The van der Waals surface area contributed by atoms with Crippen LogP contribution in [0.5, 0.6) is 0 Å². The number of carbonyl (C=O) groups is 1. The molecule has 2 aliphatic carbocycles. The molecule has 26 heavy (non-hydrogen) atoms. The highest BCUT2D eigenvalue weighted by molar-refractivity contribution is 5.84. The number of hydrogen-bond acceptors (Lipinski definition) is 2. The van der Waals surface area contributed by atoms with Crippen LogP contribution in [0, 0.1) is 23.7 Å². The van der Waals surface area contributed by atoms with Gasteiger partial charge in [0.15, 0.2) is 0 Å². The van der Waals surface area contributed by atoms with E-state index in [-0.39, 0.29) is 18.0 Å². The lowest BCUT2D eigenvalue weighted by atomic mass is 9.75. The predicted molar refractivity (Wildman–Crippen MR) is 106 cm³/mol. The molecule has 0 bridgehead atoms. The topological polar surface area (TPSA) is 26.3 Å². The van der Waals surface area contributed by atoms with E-state index in [2.05, 4.69) is 63.2 Å². The highest BCUT2D eigenvalue weighted by Gasteiger charge is 2.47. The minimum absolute atomic E-state index is 0.0351. The Bertz CT molecular complexity index is 794. The van der Waals surface area contributed by atoms with Gasteiger partial charge in [0.2, 0.25) is 0 Å². The van der Waals surface area contributed by atoms with Crippen molar-refractivity contribution >= 4 is 16.7 Å². The number of esters is 1. The molecular formula is C24H30O2. The molecule has 2 heteroatoms. The summed E-state index contributed by atoms with van der Waals surface area (Å²) in [5.74, 6) is 2.20. The Morgan fingerprint density at radius 3 is 2.58 bits per heavy atom. The maximum atomic E-state index is 12.8. The molecule has 4 rings (SSSR count). The van der Waals surface area contributed by atoms with E-state index < -0.39 is 0 Å². The van der Waals surface area contributed by atoms with Gasteiger partial charge in [-0.3, -0.25) is 4.79 Å². The summed E-state index contributed by atoms with van der Waals surface area (Å²) in [6, 6.07) is 15.0. The molecule has 0 spiro atoms. The number of benzene rings is 2. The first-order valence-electron chi connectivity index (χ1n) is 10.2. The van der Waals surface area contributed by atoms with Crippen molar-refractivity contribution in [1.82, 2.24) is 0 Å². The van der Waals surface area contributed by atoms with Crippen LogP contribution in [0.1, 0.15) is 57.9 Å². The lowest BCUT2D eigenvalue weighted by Gasteiger charge is -2.36. The van der Waals surface area contributed by atoms with Gasteiger partial charge >= 0.3 is 5.97 Å². The van der Waals surface area contributed by atoms with Crippen molar-refractivity contribution in [3.05, 3.63) is 48.0 Å². The summed E-state index contributed by atoms with van der Waals surface area (Å²) in [5, 5.41) is 2.51. The van der Waals surface area contributed by atoms with E-state index in [9.17, 15) is 4.79 Å². The zero-order valence-corrected chi connectivity index (χ0v) is 16.2. The second-order valence-electron chi connectivity index (χ2n) is 8.86. The molecule has 2 saturated carbocycles. The SMILES string of the molecule is CC(C)[C@@H]1CC[C@@H](C)C[C@H]1OC(=O)[C@H]1C[C@@H]1c1ccc2ccccc2c1. The van der Waals surface area contributed by atoms with Gasteiger partial charge in [0, 0.05) is 0 Å². The van der Waals surface area contributed by atoms with E-state index >= 15 is 0 Å². The van der Waals surface area contributed by atoms with Crippen LogP contribution in [0.25, 0.3) is 10.8 Å². The Balaban J connectivity index is 1.42. The Hall–Kier alpha value is -1.83. The summed E-state index contributed by atoms with van der Waals surface area (Å²) in [5.41, 5.74) is 1.28. The number of rotatable bonds is 4. The van der Waals surface area contributed by atoms with Gasteiger partial charge in [-0.25, -0.2) is 0 Å². The molecular weight excluding hydrogens is 320 g/mol. The van der Waals surface area contributed by atoms with Gasteiger partial charge in [0.1, 0.15) is 6.10 Å². The van der Waals surface area contributed by atoms with Crippen LogP contribution in [-0.4, -0.2) is 12.1 Å². The molecule has 2 aromatic carbocycles. The molecule has 0 aromatic heterocycles. The molecule has 5 atom stereocenters. The van der Waals surface area contributed by atoms with Crippen LogP contribution >= 0.6 is 0 Å². The average Bonchev–Trinajstić information content (AvgIpc) is 3.42. The summed E-state index contributed by atoms with van der Waals surface area (Å²) in [7, 11) is 0. The molecule has 2 fully saturated rings. The lowest BCUT2D eigenvalue weighted by molar-refractivity contribution is -0.157. The highest BCUT2D eigenvalue weighted by atomic mass is 16.5. The molecule has 2 nitrogen and oxygen atoms in total. The minimum Gasteiger partial charge on any atom is -0.462 e. The maximum absolute atomic E-state index is 12.8. The molecule has 2 aliphatic rings. The van der Waals surface area contributed by atoms with E-state index in [1.165, 1.54) is 29.2 Å². The second kappa shape index (κ2) is 7.06. The Morgan fingerprint density at radius 2 is 1.81 bits per heavy atom. The molecule has 138 valence electrons. The predicted octanol–water partition coefficient (Wildman–Crippen LogP) is 5.95. The summed E-state index contributed by atoms with van der Waals surface area (Å²) in [6.07, 6.45) is 4.53. The molecule has 0 radical (unpaired) electrons. The average molecular weight is 351 g/mol. The zero-order valence-electron chi connectivity index (χ0n) is 16.2. The molecule has 0 heterocycles. The fraction of sp³-hybridized carbons (Fsp3) is 0.542. The van der Waals surface area contributed by atoms with Gasteiger partial charge in [-0.2, -0.15) is 0 Å². The van der Waals surface area contributed by atoms with Crippen LogP contribution in [-0.2, 0) is 9.53 Å². The van der Waals surface area contributed by atoms with Gasteiger partial charge in [-0.05, 0) is 59.3 Å². The normalized spacial score (nSPS) is 31.2. The van der Waals surface area contributed by atoms with Crippen LogP contribution in [0.4, 0.5) is 0 Å². The molecule has 0 aliphatic heterocycles. The van der Waals surface area contributed by atoms with Gasteiger partial charge in [-0.15, -0.1) is 0 Å².